The summed E-state index contributed by atoms with van der Waals surface area (Å²) in [7, 11) is 0. The van der Waals surface area contributed by atoms with E-state index in [0.717, 1.165) is 55.4 Å². The molecule has 1 saturated heterocycles. The Kier molecular flexibility index (Phi) is 5.62. The Morgan fingerprint density at radius 1 is 1.28 bits per heavy atom. The number of amidine groups is 1. The van der Waals surface area contributed by atoms with E-state index in [0.29, 0.717) is 22.1 Å². The first-order chi connectivity index (χ1) is 14.0. The first kappa shape index (κ1) is 19.6. The molecular weight excluding hydrogens is 388 g/mol. The molecular formula is C21H23ClN6O. The van der Waals surface area contributed by atoms with Gasteiger partial charge in [-0.2, -0.15) is 0 Å². The van der Waals surface area contributed by atoms with Gasteiger partial charge in [0.15, 0.2) is 5.84 Å². The number of pyridine rings is 1. The standard InChI is InChI=1S/C21H23ClN6O/c1-13(23)19-21(24)26-18-10-14(12-28-6-8-29-9-7-28)25-11-16(18)20(27-19)15-4-2-3-5-17(15)22/h2-5,10-11H,6-9,12,23H2,1H3,(H2,24,26)/b19-13+. The SMILES string of the molecule is C/C(N)=C1\N=C(c2ccccc2Cl)c2cnc(CN3CCOCC3)cc2NC1=N. The number of fused-ring (bicyclic) bond motifs is 1. The van der Waals surface area contributed by atoms with Crippen molar-refractivity contribution in [3.05, 3.63) is 69.8 Å². The molecule has 3 heterocycles. The van der Waals surface area contributed by atoms with E-state index < -0.39 is 0 Å². The van der Waals surface area contributed by atoms with Crippen LogP contribution in [0.3, 0.4) is 0 Å². The zero-order chi connectivity index (χ0) is 20.4. The van der Waals surface area contributed by atoms with Gasteiger partial charge < -0.3 is 15.8 Å². The van der Waals surface area contributed by atoms with Crippen LogP contribution in [0.25, 0.3) is 0 Å². The molecule has 29 heavy (non-hydrogen) atoms. The highest BCUT2D eigenvalue weighted by atomic mass is 35.5. The van der Waals surface area contributed by atoms with Gasteiger partial charge in [0.2, 0.25) is 0 Å². The van der Waals surface area contributed by atoms with Crippen molar-refractivity contribution in [3.8, 4) is 0 Å². The molecule has 1 aromatic carbocycles. The van der Waals surface area contributed by atoms with Crippen molar-refractivity contribution in [2.45, 2.75) is 13.5 Å². The quantitative estimate of drug-likeness (QED) is 0.722. The Balaban J connectivity index is 1.78. The molecule has 0 spiro atoms. The molecule has 1 aromatic heterocycles. The fourth-order valence-corrected chi connectivity index (χ4v) is 3.66. The van der Waals surface area contributed by atoms with Crippen LogP contribution in [0, 0.1) is 5.41 Å². The summed E-state index contributed by atoms with van der Waals surface area (Å²) in [4.78, 5) is 11.7. The van der Waals surface area contributed by atoms with Crippen LogP contribution in [0.4, 0.5) is 5.69 Å². The van der Waals surface area contributed by atoms with E-state index in [1.165, 1.54) is 0 Å². The maximum Gasteiger partial charge on any atom is 0.150 e. The lowest BCUT2D eigenvalue weighted by Crippen LogP contribution is -2.35. The number of nitrogens with one attached hydrogen (secondary N) is 2. The third-order valence-corrected chi connectivity index (χ3v) is 5.26. The van der Waals surface area contributed by atoms with Crippen LogP contribution >= 0.6 is 11.6 Å². The van der Waals surface area contributed by atoms with Crippen molar-refractivity contribution in [2.24, 2.45) is 10.7 Å². The Hall–Kier alpha value is -2.74. The lowest BCUT2D eigenvalue weighted by atomic mass is 10.0. The van der Waals surface area contributed by atoms with Gasteiger partial charge in [-0.15, -0.1) is 0 Å². The number of anilines is 1. The maximum atomic E-state index is 8.44. The molecule has 0 saturated carbocycles. The van der Waals surface area contributed by atoms with Crippen molar-refractivity contribution >= 4 is 28.8 Å². The first-order valence-electron chi connectivity index (χ1n) is 9.48. The second-order valence-electron chi connectivity index (χ2n) is 7.08. The van der Waals surface area contributed by atoms with Gasteiger partial charge >= 0.3 is 0 Å². The highest BCUT2D eigenvalue weighted by Gasteiger charge is 2.23. The molecule has 0 bridgehead atoms. The Labute approximate surface area is 174 Å². The van der Waals surface area contributed by atoms with Gasteiger partial charge in [-0.25, -0.2) is 4.99 Å². The highest BCUT2D eigenvalue weighted by molar-refractivity contribution is 6.36. The summed E-state index contributed by atoms with van der Waals surface area (Å²) in [6.45, 7) is 5.70. The third-order valence-electron chi connectivity index (χ3n) is 4.93. The molecule has 4 N–H and O–H groups in total. The van der Waals surface area contributed by atoms with E-state index in [2.05, 4.69) is 15.2 Å². The number of morpholine rings is 1. The molecule has 0 amide bonds. The summed E-state index contributed by atoms with van der Waals surface area (Å²) >= 11 is 6.46. The summed E-state index contributed by atoms with van der Waals surface area (Å²) in [6, 6.07) is 9.48. The molecule has 1 fully saturated rings. The number of rotatable bonds is 3. The second kappa shape index (κ2) is 8.32. The van der Waals surface area contributed by atoms with Crippen LogP contribution in [0.1, 0.15) is 23.7 Å². The summed E-state index contributed by atoms with van der Waals surface area (Å²) in [6.07, 6.45) is 1.79. The maximum absolute atomic E-state index is 8.44. The van der Waals surface area contributed by atoms with E-state index in [4.69, 9.17) is 32.5 Å². The van der Waals surface area contributed by atoms with Crippen molar-refractivity contribution in [2.75, 3.05) is 31.6 Å². The first-order valence-corrected chi connectivity index (χ1v) is 9.86. The summed E-state index contributed by atoms with van der Waals surface area (Å²) in [5.41, 5.74) is 10.8. The van der Waals surface area contributed by atoms with Gasteiger partial charge in [-0.1, -0.05) is 29.8 Å². The molecule has 0 radical (unpaired) electrons. The molecule has 2 aliphatic rings. The van der Waals surface area contributed by atoms with E-state index in [1.54, 1.807) is 13.1 Å². The van der Waals surface area contributed by atoms with Gasteiger partial charge in [0.05, 0.1) is 30.3 Å². The minimum Gasteiger partial charge on any atom is -0.400 e. The van der Waals surface area contributed by atoms with Crippen molar-refractivity contribution in [1.82, 2.24) is 9.88 Å². The fourth-order valence-electron chi connectivity index (χ4n) is 3.43. The number of ether oxygens (including phenoxy) is 1. The zero-order valence-corrected chi connectivity index (χ0v) is 17.0. The van der Waals surface area contributed by atoms with Crippen molar-refractivity contribution in [1.29, 1.82) is 5.41 Å². The van der Waals surface area contributed by atoms with Gasteiger partial charge in [0.25, 0.3) is 0 Å². The highest BCUT2D eigenvalue weighted by Crippen LogP contribution is 2.29. The van der Waals surface area contributed by atoms with Crippen LogP contribution in [0.15, 0.2) is 52.9 Å². The topological polar surface area (TPSA) is 99.6 Å². The lowest BCUT2D eigenvalue weighted by Gasteiger charge is -2.26. The normalized spacial score (nSPS) is 19.1. The summed E-state index contributed by atoms with van der Waals surface area (Å²) < 4.78 is 5.42. The van der Waals surface area contributed by atoms with Crippen LogP contribution in [0.2, 0.25) is 5.02 Å². The van der Waals surface area contributed by atoms with Crippen molar-refractivity contribution < 1.29 is 4.74 Å². The average Bonchev–Trinajstić information content (AvgIpc) is 2.85. The number of aliphatic imine (C=N–C) groups is 1. The van der Waals surface area contributed by atoms with E-state index in [1.807, 2.05) is 30.3 Å². The fraction of sp³-hybridized carbons (Fsp3) is 0.286. The predicted molar refractivity (Wildman–Crippen MR) is 116 cm³/mol. The summed E-state index contributed by atoms with van der Waals surface area (Å²) in [5, 5.41) is 12.2. The van der Waals surface area contributed by atoms with Crippen LogP contribution in [0.5, 0.6) is 0 Å². The van der Waals surface area contributed by atoms with E-state index in [9.17, 15) is 0 Å². The van der Waals surface area contributed by atoms with Crippen LogP contribution < -0.4 is 11.1 Å². The lowest BCUT2D eigenvalue weighted by molar-refractivity contribution is 0.0336. The molecule has 150 valence electrons. The number of hydrogen-bond donors (Lipinski definition) is 3. The molecule has 0 unspecified atom stereocenters. The number of halogens is 1. The molecule has 4 rings (SSSR count). The Morgan fingerprint density at radius 2 is 2.03 bits per heavy atom. The van der Waals surface area contributed by atoms with Gasteiger partial charge in [-0.05, 0) is 19.1 Å². The number of aromatic nitrogens is 1. The monoisotopic (exact) mass is 410 g/mol. The second-order valence-corrected chi connectivity index (χ2v) is 7.49. The van der Waals surface area contributed by atoms with Gasteiger partial charge in [-0.3, -0.25) is 15.3 Å². The molecule has 0 atom stereocenters. The zero-order valence-electron chi connectivity index (χ0n) is 16.2. The average molecular weight is 411 g/mol. The Bertz CT molecular complexity index is 1010. The summed E-state index contributed by atoms with van der Waals surface area (Å²) in [5.74, 6) is 0.150. The third kappa shape index (κ3) is 4.17. The molecule has 0 aliphatic carbocycles. The van der Waals surface area contributed by atoms with E-state index >= 15 is 0 Å². The number of hydrogen-bond acceptors (Lipinski definition) is 6. The molecule has 8 heteroatoms. The largest absolute Gasteiger partial charge is 0.400 e. The molecule has 2 aromatic rings. The number of nitrogens with zero attached hydrogens (tertiary/aromatic N) is 3. The van der Waals surface area contributed by atoms with Gasteiger partial charge in [0, 0.05) is 47.7 Å². The van der Waals surface area contributed by atoms with Gasteiger partial charge in [0.1, 0.15) is 5.70 Å². The van der Waals surface area contributed by atoms with E-state index in [-0.39, 0.29) is 5.84 Å². The van der Waals surface area contributed by atoms with Crippen LogP contribution in [-0.4, -0.2) is 47.7 Å². The number of allylic oxidation sites excluding steroid dienone is 1. The minimum absolute atomic E-state index is 0.150. The predicted octanol–water partition coefficient (Wildman–Crippen LogP) is 3.00. The number of benzene rings is 1. The molecule has 7 nitrogen and oxygen atoms in total. The number of nitrogens with two attached hydrogens (primary N) is 1. The smallest absolute Gasteiger partial charge is 0.150 e. The van der Waals surface area contributed by atoms with Crippen molar-refractivity contribution in [3.63, 3.8) is 0 Å². The van der Waals surface area contributed by atoms with Crippen LogP contribution in [-0.2, 0) is 11.3 Å². The minimum atomic E-state index is 0.150. The molecule has 2 aliphatic heterocycles. The Morgan fingerprint density at radius 3 is 2.76 bits per heavy atom.